The van der Waals surface area contributed by atoms with Gasteiger partial charge in [0.05, 0.1) is 30.7 Å². The summed E-state index contributed by atoms with van der Waals surface area (Å²) >= 11 is 97.6. The fourth-order valence-electron chi connectivity index (χ4n) is 1.95. The fraction of sp³-hybridized carbons (Fsp3) is 0.400. The third-order valence-electron chi connectivity index (χ3n) is 3.07. The third kappa shape index (κ3) is 4.73. The zero-order valence-electron chi connectivity index (χ0n) is 11.5. The minimum absolute atomic E-state index is 0.226. The molecule has 27 heavy (non-hydrogen) atoms. The molecule has 1 aromatic rings. The van der Waals surface area contributed by atoms with E-state index < -0.39 is 36.3 Å². The van der Waals surface area contributed by atoms with Crippen molar-refractivity contribution >= 4 is 186 Å². The predicted molar refractivity (Wildman–Crippen MR) is 126 cm³/mol. The molecule has 0 aliphatic carbocycles. The Morgan fingerprint density at radius 2 is 0.630 bits per heavy atom. The van der Waals surface area contributed by atoms with Crippen molar-refractivity contribution in [2.75, 3.05) is 0 Å². The van der Waals surface area contributed by atoms with Crippen molar-refractivity contribution in [3.8, 4) is 0 Å². The van der Waals surface area contributed by atoms with Crippen LogP contribution in [0.3, 0.4) is 0 Å². The van der Waals surface area contributed by atoms with Crippen LogP contribution >= 0.6 is 186 Å². The van der Waals surface area contributed by atoms with E-state index in [0.717, 1.165) is 0 Å². The highest BCUT2D eigenvalue weighted by atomic mass is 35.6. The summed E-state index contributed by atoms with van der Waals surface area (Å²) in [5.41, 5.74) is -0.502. The Balaban J connectivity index is 4.25. The lowest BCUT2D eigenvalue weighted by Gasteiger charge is -2.56. The molecule has 1 aromatic carbocycles. The van der Waals surface area contributed by atoms with E-state index in [2.05, 4.69) is 0 Å². The minimum atomic E-state index is -2.80. The van der Waals surface area contributed by atoms with E-state index in [0.29, 0.717) is 0 Å². The van der Waals surface area contributed by atoms with E-state index >= 15 is 0 Å². The molecule has 0 atom stereocenters. The average molecular weight is 701 g/mol. The van der Waals surface area contributed by atoms with Gasteiger partial charge in [-0.3, -0.25) is 0 Å². The van der Waals surface area contributed by atoms with Gasteiger partial charge in [0.2, 0.25) is 0 Å². The molecule has 0 aromatic heterocycles. The average Bonchev–Trinajstić information content (AvgIpc) is 2.37. The number of hydrogen-bond acceptors (Lipinski definition) is 0. The van der Waals surface area contributed by atoms with E-state index in [1.807, 2.05) is 0 Å². The van der Waals surface area contributed by atoms with E-state index in [9.17, 15) is 0 Å². The summed E-state index contributed by atoms with van der Waals surface area (Å²) in [6.45, 7) is 0. The molecule has 0 bridgehead atoms. The van der Waals surface area contributed by atoms with Gasteiger partial charge in [-0.1, -0.05) is 58.0 Å². The van der Waals surface area contributed by atoms with Gasteiger partial charge in [-0.25, -0.2) is 0 Å². The molecule has 0 aliphatic heterocycles. The molecule has 0 amide bonds. The highest BCUT2D eigenvalue weighted by molar-refractivity contribution is 6.73. The molecule has 0 fully saturated rings. The Morgan fingerprint density at radius 3 is 0.852 bits per heavy atom. The maximum atomic E-state index is 6.49. The number of alkyl halides is 11. The molecule has 0 radical (unpaired) electrons. The Bertz CT molecular complexity index is 672. The Kier molecular flexibility index (Phi) is 9.86. The van der Waals surface area contributed by atoms with Crippen LogP contribution in [0.1, 0.15) is 5.56 Å². The van der Waals surface area contributed by atoms with Gasteiger partial charge in [-0.05, 0) is 128 Å². The van der Waals surface area contributed by atoms with Gasteiger partial charge in [0.25, 0.3) is 4.46 Å². The van der Waals surface area contributed by atoms with Crippen molar-refractivity contribution in [3.05, 3.63) is 30.7 Å². The van der Waals surface area contributed by atoms with Crippen molar-refractivity contribution in [1.82, 2.24) is 0 Å². The molecule has 156 valence electrons. The van der Waals surface area contributed by atoms with Crippen LogP contribution in [0.25, 0.3) is 0 Å². The Morgan fingerprint density at radius 1 is 0.407 bits per heavy atom. The summed E-state index contributed by atoms with van der Waals surface area (Å²) < 4.78 is -13.1. The summed E-state index contributed by atoms with van der Waals surface area (Å²) in [7, 11) is 0. The van der Waals surface area contributed by atoms with Gasteiger partial charge < -0.3 is 0 Å². The Hall–Kier alpha value is 3.82. The van der Waals surface area contributed by atoms with Crippen LogP contribution in [0.4, 0.5) is 0 Å². The lowest BCUT2D eigenvalue weighted by atomic mass is 10.2. The number of nitrogens with zero attached hydrogens (tertiary/aromatic N) is 1. The highest BCUT2D eigenvalue weighted by Gasteiger charge is 2.80. The number of hydrogen-bond donors (Lipinski definition) is 0. The van der Waals surface area contributed by atoms with Crippen LogP contribution in [0, 0.1) is 0 Å². The molecular weight excluding hydrogens is 701 g/mol. The van der Waals surface area contributed by atoms with E-state index in [1.54, 1.807) is 0 Å². The van der Waals surface area contributed by atoms with Crippen LogP contribution in [0.5, 0.6) is 0 Å². The SMILES string of the molecule is Clc1c(Cl)c(Cl)c(C(Cl)(Cl)[N+](C(Cl)(Cl)Cl)(C(Cl)(Cl)Cl)C(Cl)(Cl)Cl)c(Cl)c1Cl. The maximum Gasteiger partial charge on any atom is 0.339 e. The third-order valence-corrected chi connectivity index (χ3v) is 8.52. The first-order valence-corrected chi connectivity index (χ1v) is 11.7. The summed E-state index contributed by atoms with van der Waals surface area (Å²) in [4.78, 5) is 0. The van der Waals surface area contributed by atoms with Crippen LogP contribution in [0.15, 0.2) is 0 Å². The largest absolute Gasteiger partial charge is 0.339 e. The van der Waals surface area contributed by atoms with Crippen LogP contribution < -0.4 is 0 Å². The quantitative estimate of drug-likeness (QED) is 0.0947. The van der Waals surface area contributed by atoms with E-state index in [4.69, 9.17) is 186 Å². The van der Waals surface area contributed by atoms with Crippen molar-refractivity contribution in [3.63, 3.8) is 0 Å². The first kappa shape index (κ1) is 28.9. The van der Waals surface area contributed by atoms with Gasteiger partial charge in [0, 0.05) is 0 Å². The molecule has 0 saturated heterocycles. The van der Waals surface area contributed by atoms with Crippen molar-refractivity contribution < 1.29 is 4.48 Å². The van der Waals surface area contributed by atoms with E-state index in [1.165, 1.54) is 0 Å². The van der Waals surface area contributed by atoms with Crippen molar-refractivity contribution in [2.45, 2.75) is 16.2 Å². The van der Waals surface area contributed by atoms with Gasteiger partial charge in [0.1, 0.15) is 0 Å². The standard InChI is InChI=1S/C10Cl16N/c11-2-1(3(12)5(14)6(15)4(2)13)7(16,17)27(8(18,19)20,9(21,22)23)10(24,25)26/q+1. The number of halogens is 16. The van der Waals surface area contributed by atoms with Gasteiger partial charge in [-0.15, -0.1) is 0 Å². The summed E-state index contributed by atoms with van der Waals surface area (Å²) in [6, 6.07) is 0. The second-order valence-corrected chi connectivity index (χ2v) is 14.4. The van der Waals surface area contributed by atoms with Crippen molar-refractivity contribution in [1.29, 1.82) is 0 Å². The number of benzene rings is 1. The molecular formula is C10Cl16N+. The summed E-state index contributed by atoms with van der Waals surface area (Å²) in [5.74, 6) is 0. The fourth-order valence-corrected chi connectivity index (χ4v) is 10.1. The molecule has 0 unspecified atom stereocenters. The topological polar surface area (TPSA) is 0 Å². The van der Waals surface area contributed by atoms with Crippen LogP contribution in [0.2, 0.25) is 25.1 Å². The second kappa shape index (κ2) is 9.22. The maximum absolute atomic E-state index is 6.49. The van der Waals surface area contributed by atoms with Gasteiger partial charge >= 0.3 is 11.7 Å². The molecule has 0 spiro atoms. The van der Waals surface area contributed by atoms with Crippen LogP contribution in [-0.2, 0) is 4.46 Å². The van der Waals surface area contributed by atoms with Crippen LogP contribution in [-0.4, -0.2) is 16.2 Å². The molecule has 0 saturated carbocycles. The minimum Gasteiger partial charge on any atom is -0.156 e. The van der Waals surface area contributed by atoms with Gasteiger partial charge in [-0.2, -0.15) is 4.48 Å². The predicted octanol–water partition coefficient (Wildman–Crippen LogP) is 11.3. The first-order chi connectivity index (χ1) is 11.7. The summed E-state index contributed by atoms with van der Waals surface area (Å²) in [6.07, 6.45) is 0. The van der Waals surface area contributed by atoms with Crippen molar-refractivity contribution in [2.24, 2.45) is 0 Å². The molecule has 1 rings (SSSR count). The zero-order chi connectivity index (χ0) is 22.0. The van der Waals surface area contributed by atoms with E-state index in [-0.39, 0.29) is 15.1 Å². The molecule has 0 aliphatic rings. The molecule has 0 N–H and O–H groups in total. The lowest BCUT2D eigenvalue weighted by molar-refractivity contribution is -0.984. The monoisotopic (exact) mass is 694 g/mol. The molecule has 0 heterocycles. The highest BCUT2D eigenvalue weighted by Crippen LogP contribution is 2.70. The van der Waals surface area contributed by atoms with Gasteiger partial charge in [0.15, 0.2) is 0 Å². The Labute approximate surface area is 234 Å². The molecule has 17 heteroatoms. The lowest BCUT2D eigenvalue weighted by Crippen LogP contribution is -2.75. The normalized spacial score (nSPS) is 14.7. The smallest absolute Gasteiger partial charge is 0.156 e. The molecule has 1 nitrogen and oxygen atoms in total. The number of quaternary nitrogens is 1. The zero-order valence-corrected chi connectivity index (χ0v) is 23.6. The second-order valence-electron chi connectivity index (χ2n) is 4.56. The number of rotatable bonds is 2. The summed E-state index contributed by atoms with van der Waals surface area (Å²) in [5, 5.41) is -1.72. The first-order valence-electron chi connectivity index (χ1n) is 5.67.